The molecule has 54 heavy (non-hydrogen) atoms. The van der Waals surface area contributed by atoms with E-state index in [4.69, 9.17) is 5.41 Å². The fourth-order valence-corrected chi connectivity index (χ4v) is 6.57. The Morgan fingerprint density at radius 3 is 2.26 bits per heavy atom. The molecule has 0 saturated heterocycles. The summed E-state index contributed by atoms with van der Waals surface area (Å²) in [6.07, 6.45) is 25.3. The van der Waals surface area contributed by atoms with E-state index in [0.29, 0.717) is 11.4 Å². The summed E-state index contributed by atoms with van der Waals surface area (Å²) in [6.45, 7) is 12.0. The van der Waals surface area contributed by atoms with Crippen LogP contribution in [0, 0.1) is 12.3 Å². The smallest absolute Gasteiger partial charge is 0.0716 e. The lowest BCUT2D eigenvalue weighted by Crippen LogP contribution is -1.97. The summed E-state index contributed by atoms with van der Waals surface area (Å²) in [7, 11) is 0. The molecule has 1 heterocycles. The highest BCUT2D eigenvalue weighted by molar-refractivity contribution is 6.12. The molecule has 0 fully saturated rings. The van der Waals surface area contributed by atoms with Gasteiger partial charge < -0.3 is 5.41 Å². The van der Waals surface area contributed by atoms with Crippen molar-refractivity contribution in [2.24, 2.45) is 4.99 Å². The highest BCUT2D eigenvalue weighted by Gasteiger charge is 2.09. The van der Waals surface area contributed by atoms with Gasteiger partial charge in [-0.25, -0.2) is 0 Å². The van der Waals surface area contributed by atoms with Gasteiger partial charge in [-0.05, 0) is 99.3 Å². The van der Waals surface area contributed by atoms with E-state index in [1.54, 1.807) is 12.3 Å². The van der Waals surface area contributed by atoms with E-state index in [9.17, 15) is 0 Å². The van der Waals surface area contributed by atoms with E-state index < -0.39 is 0 Å². The lowest BCUT2D eigenvalue weighted by Gasteiger charge is -2.11. The number of aliphatic imine (C=N–C) groups is 1. The third-order valence-corrected chi connectivity index (χ3v) is 9.22. The lowest BCUT2D eigenvalue weighted by atomic mass is 9.94. The average Bonchev–Trinajstić information content (AvgIpc) is 3.21. The van der Waals surface area contributed by atoms with Gasteiger partial charge in [-0.1, -0.05) is 170 Å². The fourth-order valence-electron chi connectivity index (χ4n) is 6.57. The van der Waals surface area contributed by atoms with Crippen LogP contribution in [0.25, 0.3) is 50.0 Å². The van der Waals surface area contributed by atoms with Crippen LogP contribution in [-0.4, -0.2) is 17.4 Å². The molecule has 262 valence electrons. The van der Waals surface area contributed by atoms with Crippen LogP contribution in [0.5, 0.6) is 0 Å². The van der Waals surface area contributed by atoms with Gasteiger partial charge in [0.25, 0.3) is 0 Å². The van der Waals surface area contributed by atoms with Crippen molar-refractivity contribution < 1.29 is 0 Å². The Morgan fingerprint density at radius 2 is 1.48 bits per heavy atom. The summed E-state index contributed by atoms with van der Waals surface area (Å²) in [6, 6.07) is 39.6. The number of nitrogens with zero attached hydrogens (tertiary/aromatic N) is 2. The summed E-state index contributed by atoms with van der Waals surface area (Å²) in [4.78, 5) is 8.48. The topological polar surface area (TPSA) is 49.1 Å². The van der Waals surface area contributed by atoms with Crippen molar-refractivity contribution >= 4 is 51.3 Å². The second-order valence-corrected chi connectivity index (χ2v) is 12.7. The van der Waals surface area contributed by atoms with Crippen molar-refractivity contribution in [3.05, 3.63) is 228 Å². The summed E-state index contributed by atoms with van der Waals surface area (Å²) >= 11 is 0. The van der Waals surface area contributed by atoms with Crippen LogP contribution in [0.3, 0.4) is 0 Å². The average molecular weight is 698 g/mol. The van der Waals surface area contributed by atoms with Crippen molar-refractivity contribution in [2.45, 2.75) is 13.8 Å². The van der Waals surface area contributed by atoms with Gasteiger partial charge in [0.2, 0.25) is 0 Å². The van der Waals surface area contributed by atoms with Gasteiger partial charge in [0, 0.05) is 23.5 Å². The zero-order valence-electron chi connectivity index (χ0n) is 30.8. The predicted octanol–water partition coefficient (Wildman–Crippen LogP) is 13.4. The first-order valence-electron chi connectivity index (χ1n) is 18.0. The Morgan fingerprint density at radius 1 is 0.741 bits per heavy atom. The zero-order chi connectivity index (χ0) is 37.7. The number of aryl methyl sites for hydroxylation is 1. The van der Waals surface area contributed by atoms with E-state index >= 15 is 0 Å². The second-order valence-electron chi connectivity index (χ2n) is 12.7. The normalized spacial score (nSPS) is 17.1. The van der Waals surface area contributed by atoms with Crippen LogP contribution in [-0.2, 0) is 0 Å². The van der Waals surface area contributed by atoms with Crippen LogP contribution in [0.4, 0.5) is 0 Å². The molecule has 0 aliphatic heterocycles. The number of allylic oxidation sites excluding steroid dienone is 13. The molecule has 0 saturated carbocycles. The SMILES string of the molecule is C=C/C1=C(\C=C/C)/C=C/C=C\C(C(=N)/C=C(\N=C)c2cccc(-c3cccnc3)c2)=C/C=C/c2ccccc21.Cc1cc2ccccc2c2ccccc12. The molecule has 0 amide bonds. The number of benzene rings is 5. The van der Waals surface area contributed by atoms with Crippen molar-refractivity contribution in [3.8, 4) is 11.1 Å². The highest BCUT2D eigenvalue weighted by Crippen LogP contribution is 2.29. The molecule has 1 aromatic heterocycles. The van der Waals surface area contributed by atoms with E-state index in [1.807, 2.05) is 104 Å². The highest BCUT2D eigenvalue weighted by atomic mass is 14.7. The Labute approximate surface area is 319 Å². The summed E-state index contributed by atoms with van der Waals surface area (Å²) in [5.41, 5.74) is 10.3. The van der Waals surface area contributed by atoms with Gasteiger partial charge in [0.15, 0.2) is 0 Å². The van der Waals surface area contributed by atoms with Gasteiger partial charge in [-0.3, -0.25) is 9.98 Å². The molecule has 0 unspecified atom stereocenters. The first-order valence-corrected chi connectivity index (χ1v) is 18.0. The van der Waals surface area contributed by atoms with Crippen molar-refractivity contribution in [1.82, 2.24) is 4.98 Å². The third-order valence-electron chi connectivity index (χ3n) is 9.22. The molecule has 3 heteroatoms. The van der Waals surface area contributed by atoms with Crippen LogP contribution in [0.2, 0.25) is 0 Å². The Bertz CT molecular complexity index is 2550. The third kappa shape index (κ3) is 8.72. The number of pyridine rings is 1. The Hall–Kier alpha value is -6.97. The quantitative estimate of drug-likeness (QED) is 0.131. The molecule has 1 N–H and O–H groups in total. The molecular formula is C51H43N3. The largest absolute Gasteiger partial charge is 0.300 e. The number of nitrogens with one attached hydrogen (secondary N) is 1. The fraction of sp³-hybridized carbons (Fsp3) is 0.0392. The molecule has 6 aromatic rings. The van der Waals surface area contributed by atoms with Gasteiger partial charge in [0.1, 0.15) is 0 Å². The van der Waals surface area contributed by atoms with E-state index in [0.717, 1.165) is 44.5 Å². The lowest BCUT2D eigenvalue weighted by molar-refractivity contribution is 1.33. The Kier molecular flexibility index (Phi) is 12.3. The predicted molar refractivity (Wildman–Crippen MR) is 235 cm³/mol. The standard InChI is InChI=1S/C36H31N3.C15H12/c1-4-13-27-14-6-7-16-29(18-10-17-28-15-8-9-22-34(28)33(27)5-2)35(37)25-36(38-3)31-20-11-19-30(24-31)32-21-12-23-39-26-32;1-11-10-12-6-2-3-8-14(12)15-9-5-4-7-13(11)15/h4-26,37H,2-3H2,1H3;2-10H,1H3/b7-6?,13-4-,14-6+,16-7-,17-10+,18-10?,27-14?,28-17?,29-16?,29-18+,33-27-,34-33?,36-25-,37-35?;. The van der Waals surface area contributed by atoms with Crippen molar-refractivity contribution in [1.29, 1.82) is 5.41 Å². The molecule has 1 aliphatic rings. The zero-order valence-corrected chi connectivity index (χ0v) is 30.8. The first-order chi connectivity index (χ1) is 26.5. The number of aromatic nitrogens is 1. The second kappa shape index (κ2) is 18.0. The minimum atomic E-state index is 0.333. The number of rotatable bonds is 7. The molecule has 5 aromatic carbocycles. The maximum atomic E-state index is 8.90. The van der Waals surface area contributed by atoms with Gasteiger partial charge in [-0.15, -0.1) is 0 Å². The van der Waals surface area contributed by atoms with Crippen LogP contribution in [0.1, 0.15) is 29.2 Å². The number of hydrogen-bond donors (Lipinski definition) is 1. The monoisotopic (exact) mass is 697 g/mol. The minimum absolute atomic E-state index is 0.333. The van der Waals surface area contributed by atoms with Crippen LogP contribution in [0.15, 0.2) is 211 Å². The van der Waals surface area contributed by atoms with E-state index in [1.165, 1.54) is 27.1 Å². The number of hydrogen-bond acceptors (Lipinski definition) is 3. The van der Waals surface area contributed by atoms with Gasteiger partial charge >= 0.3 is 0 Å². The molecular weight excluding hydrogens is 655 g/mol. The number of fused-ring (bicyclic) bond motifs is 4. The Balaban J connectivity index is 0.000000273. The molecule has 0 atom stereocenters. The molecule has 1 aliphatic carbocycles. The van der Waals surface area contributed by atoms with Crippen LogP contribution >= 0.6 is 0 Å². The molecule has 0 bridgehead atoms. The maximum absolute atomic E-state index is 8.90. The first kappa shape index (κ1) is 36.8. The minimum Gasteiger partial charge on any atom is -0.300 e. The van der Waals surface area contributed by atoms with E-state index in [-0.39, 0.29) is 0 Å². The van der Waals surface area contributed by atoms with E-state index in [2.05, 4.69) is 115 Å². The van der Waals surface area contributed by atoms with Crippen molar-refractivity contribution in [3.63, 3.8) is 0 Å². The molecule has 3 nitrogen and oxygen atoms in total. The molecule has 0 spiro atoms. The molecule has 7 rings (SSSR count). The van der Waals surface area contributed by atoms with Gasteiger partial charge in [0.05, 0.1) is 11.4 Å². The van der Waals surface area contributed by atoms with Crippen LogP contribution < -0.4 is 0 Å². The van der Waals surface area contributed by atoms with Crippen molar-refractivity contribution in [2.75, 3.05) is 0 Å². The molecule has 0 radical (unpaired) electrons. The maximum Gasteiger partial charge on any atom is 0.0716 e. The van der Waals surface area contributed by atoms with Gasteiger partial charge in [-0.2, -0.15) is 0 Å². The summed E-state index contributed by atoms with van der Waals surface area (Å²) in [5.74, 6) is 0. The summed E-state index contributed by atoms with van der Waals surface area (Å²) < 4.78 is 0. The summed E-state index contributed by atoms with van der Waals surface area (Å²) in [5, 5.41) is 14.3.